The van der Waals surface area contributed by atoms with E-state index >= 15 is 0 Å². The van der Waals surface area contributed by atoms with Gasteiger partial charge in [-0.05, 0) is 54.9 Å². The first-order valence-electron chi connectivity index (χ1n) is 6.33. The molecule has 1 atom stereocenters. The van der Waals surface area contributed by atoms with E-state index in [1.54, 1.807) is 19.2 Å². The molecule has 2 nitrogen and oxygen atoms in total. The molecule has 2 aromatic carbocycles. The summed E-state index contributed by atoms with van der Waals surface area (Å²) in [7, 11) is 3.46. The molecule has 0 aliphatic rings. The number of benzene rings is 2. The minimum atomic E-state index is -0.227. The Kier molecular flexibility index (Phi) is 4.63. The standard InChI is InChI=1S/C16H17ClFNO/c1-10-8-12(18)5-6-13(10)16(19-2)11-4-7-14(17)15(9-11)20-3/h4-9,16,19H,1-3H3. The van der Waals surface area contributed by atoms with Crippen LogP contribution >= 0.6 is 11.6 Å². The molecule has 20 heavy (non-hydrogen) atoms. The quantitative estimate of drug-likeness (QED) is 0.916. The maximum atomic E-state index is 13.2. The first kappa shape index (κ1) is 14.8. The Bertz CT molecular complexity index is 615. The van der Waals surface area contributed by atoms with Crippen molar-refractivity contribution in [3.63, 3.8) is 0 Å². The summed E-state index contributed by atoms with van der Waals surface area (Å²) in [4.78, 5) is 0. The molecule has 0 radical (unpaired) electrons. The molecular weight excluding hydrogens is 277 g/mol. The van der Waals surface area contributed by atoms with E-state index in [0.29, 0.717) is 10.8 Å². The van der Waals surface area contributed by atoms with Crippen LogP contribution in [-0.2, 0) is 0 Å². The number of nitrogens with one attached hydrogen (secondary N) is 1. The van der Waals surface area contributed by atoms with Crippen molar-refractivity contribution >= 4 is 11.6 Å². The van der Waals surface area contributed by atoms with Crippen LogP contribution in [0.15, 0.2) is 36.4 Å². The SMILES string of the molecule is CNC(c1ccc(Cl)c(OC)c1)c1ccc(F)cc1C. The van der Waals surface area contributed by atoms with E-state index in [4.69, 9.17) is 16.3 Å². The van der Waals surface area contributed by atoms with Crippen LogP contribution in [0.3, 0.4) is 0 Å². The van der Waals surface area contributed by atoms with Gasteiger partial charge in [-0.2, -0.15) is 0 Å². The summed E-state index contributed by atoms with van der Waals surface area (Å²) in [5.74, 6) is 0.402. The van der Waals surface area contributed by atoms with Gasteiger partial charge in [-0.1, -0.05) is 23.7 Å². The van der Waals surface area contributed by atoms with E-state index in [2.05, 4.69) is 5.32 Å². The largest absolute Gasteiger partial charge is 0.495 e. The lowest BCUT2D eigenvalue weighted by Gasteiger charge is -2.20. The lowest BCUT2D eigenvalue weighted by atomic mass is 9.95. The zero-order valence-electron chi connectivity index (χ0n) is 11.7. The molecule has 2 rings (SSSR count). The number of rotatable bonds is 4. The number of halogens is 2. The third-order valence-corrected chi connectivity index (χ3v) is 3.65. The van der Waals surface area contributed by atoms with Crippen LogP contribution in [0, 0.1) is 12.7 Å². The van der Waals surface area contributed by atoms with Gasteiger partial charge >= 0.3 is 0 Å². The smallest absolute Gasteiger partial charge is 0.137 e. The van der Waals surface area contributed by atoms with Gasteiger partial charge in [0.05, 0.1) is 18.2 Å². The summed E-state index contributed by atoms with van der Waals surface area (Å²) in [6.45, 7) is 1.90. The number of aryl methyl sites for hydroxylation is 1. The summed E-state index contributed by atoms with van der Waals surface area (Å²) < 4.78 is 18.5. The Morgan fingerprint density at radius 2 is 1.95 bits per heavy atom. The molecule has 0 aliphatic carbocycles. The summed E-state index contributed by atoms with van der Waals surface area (Å²) in [6.07, 6.45) is 0. The Hall–Kier alpha value is -1.58. The number of hydrogen-bond donors (Lipinski definition) is 1. The second-order valence-corrected chi connectivity index (χ2v) is 5.02. The van der Waals surface area contributed by atoms with E-state index in [9.17, 15) is 4.39 Å². The fourth-order valence-electron chi connectivity index (χ4n) is 2.32. The summed E-state index contributed by atoms with van der Waals surface area (Å²) >= 11 is 6.05. The van der Waals surface area contributed by atoms with Crippen LogP contribution in [0.4, 0.5) is 4.39 Å². The van der Waals surface area contributed by atoms with Crippen LogP contribution in [-0.4, -0.2) is 14.2 Å². The van der Waals surface area contributed by atoms with Crippen molar-refractivity contribution in [3.05, 3.63) is 63.9 Å². The van der Waals surface area contributed by atoms with Crippen molar-refractivity contribution < 1.29 is 9.13 Å². The Balaban J connectivity index is 2.46. The molecule has 1 unspecified atom stereocenters. The molecule has 0 heterocycles. The van der Waals surface area contributed by atoms with Crippen LogP contribution in [0.1, 0.15) is 22.7 Å². The molecule has 1 N–H and O–H groups in total. The van der Waals surface area contributed by atoms with Crippen molar-refractivity contribution in [2.24, 2.45) is 0 Å². The first-order valence-corrected chi connectivity index (χ1v) is 6.71. The number of ether oxygens (including phenoxy) is 1. The monoisotopic (exact) mass is 293 g/mol. The van der Waals surface area contributed by atoms with Gasteiger partial charge < -0.3 is 10.1 Å². The van der Waals surface area contributed by atoms with Crippen molar-refractivity contribution in [3.8, 4) is 5.75 Å². The lowest BCUT2D eigenvalue weighted by Crippen LogP contribution is -2.18. The van der Waals surface area contributed by atoms with Gasteiger partial charge in [-0.25, -0.2) is 4.39 Å². The number of methoxy groups -OCH3 is 1. The van der Waals surface area contributed by atoms with Gasteiger partial charge in [-0.3, -0.25) is 0 Å². The van der Waals surface area contributed by atoms with Gasteiger partial charge in [0.25, 0.3) is 0 Å². The van der Waals surface area contributed by atoms with Gasteiger partial charge in [0.2, 0.25) is 0 Å². The highest BCUT2D eigenvalue weighted by molar-refractivity contribution is 6.32. The van der Waals surface area contributed by atoms with Gasteiger partial charge in [0.1, 0.15) is 11.6 Å². The maximum absolute atomic E-state index is 13.2. The zero-order valence-corrected chi connectivity index (χ0v) is 12.5. The van der Waals surface area contributed by atoms with Gasteiger partial charge in [-0.15, -0.1) is 0 Å². The van der Waals surface area contributed by atoms with E-state index in [0.717, 1.165) is 16.7 Å². The van der Waals surface area contributed by atoms with E-state index in [-0.39, 0.29) is 11.9 Å². The van der Waals surface area contributed by atoms with Crippen molar-refractivity contribution in [2.75, 3.05) is 14.2 Å². The minimum absolute atomic E-state index is 0.0400. The normalized spacial score (nSPS) is 12.2. The molecule has 106 valence electrons. The first-order chi connectivity index (χ1) is 9.56. The molecule has 0 saturated carbocycles. The Morgan fingerprint density at radius 1 is 1.20 bits per heavy atom. The van der Waals surface area contributed by atoms with E-state index < -0.39 is 0 Å². The maximum Gasteiger partial charge on any atom is 0.137 e. The molecule has 0 aliphatic heterocycles. The predicted molar refractivity (Wildman–Crippen MR) is 80.0 cm³/mol. The molecule has 0 saturated heterocycles. The Labute approximate surface area is 123 Å². The Morgan fingerprint density at radius 3 is 2.55 bits per heavy atom. The highest BCUT2D eigenvalue weighted by atomic mass is 35.5. The fraction of sp³-hybridized carbons (Fsp3) is 0.250. The van der Waals surface area contributed by atoms with Gasteiger partial charge in [0.15, 0.2) is 0 Å². The fourth-order valence-corrected chi connectivity index (χ4v) is 2.52. The second-order valence-electron chi connectivity index (χ2n) is 4.62. The van der Waals surface area contributed by atoms with Crippen molar-refractivity contribution in [1.82, 2.24) is 5.32 Å². The molecule has 0 amide bonds. The van der Waals surface area contributed by atoms with Crippen LogP contribution in [0.5, 0.6) is 5.75 Å². The summed E-state index contributed by atoms with van der Waals surface area (Å²) in [5.41, 5.74) is 2.94. The zero-order chi connectivity index (χ0) is 14.7. The second kappa shape index (κ2) is 6.25. The average Bonchev–Trinajstić information content (AvgIpc) is 2.43. The van der Waals surface area contributed by atoms with E-state index in [1.165, 1.54) is 12.1 Å². The third-order valence-electron chi connectivity index (χ3n) is 3.34. The highest BCUT2D eigenvalue weighted by Crippen LogP contribution is 2.31. The summed E-state index contributed by atoms with van der Waals surface area (Å²) in [5, 5.41) is 3.82. The molecule has 2 aromatic rings. The highest BCUT2D eigenvalue weighted by Gasteiger charge is 2.16. The van der Waals surface area contributed by atoms with Crippen molar-refractivity contribution in [2.45, 2.75) is 13.0 Å². The predicted octanol–water partition coefficient (Wildman–Crippen LogP) is 4.10. The molecular formula is C16H17ClFNO. The third kappa shape index (κ3) is 2.94. The average molecular weight is 294 g/mol. The topological polar surface area (TPSA) is 21.3 Å². The van der Waals surface area contributed by atoms with Crippen LogP contribution in [0.25, 0.3) is 0 Å². The number of hydrogen-bond acceptors (Lipinski definition) is 2. The van der Waals surface area contributed by atoms with Gasteiger partial charge in [0, 0.05) is 0 Å². The molecule has 0 aromatic heterocycles. The lowest BCUT2D eigenvalue weighted by molar-refractivity contribution is 0.414. The van der Waals surface area contributed by atoms with Crippen molar-refractivity contribution in [1.29, 1.82) is 0 Å². The molecule has 4 heteroatoms. The molecule has 0 spiro atoms. The molecule has 0 fully saturated rings. The summed E-state index contributed by atoms with van der Waals surface area (Å²) in [6, 6.07) is 10.4. The van der Waals surface area contributed by atoms with Crippen LogP contribution in [0.2, 0.25) is 5.02 Å². The van der Waals surface area contributed by atoms with Crippen LogP contribution < -0.4 is 10.1 Å². The van der Waals surface area contributed by atoms with E-state index in [1.807, 2.05) is 26.1 Å². The molecule has 0 bridgehead atoms. The minimum Gasteiger partial charge on any atom is -0.495 e.